The number of hydrogen-bond donors (Lipinski definition) is 2. The van der Waals surface area contributed by atoms with Gasteiger partial charge in [-0.05, 0) is 6.92 Å². The van der Waals surface area contributed by atoms with Crippen LogP contribution < -0.4 is 5.43 Å². The van der Waals surface area contributed by atoms with Crippen LogP contribution in [0.15, 0.2) is 5.10 Å². The maximum Gasteiger partial charge on any atom is 0.110 e. The molecule has 0 fully saturated rings. The van der Waals surface area contributed by atoms with E-state index in [1.165, 1.54) is 11.8 Å². The Bertz CT molecular complexity index is 93.5. The Kier molecular flexibility index (Phi) is 1.76. The van der Waals surface area contributed by atoms with E-state index >= 15 is 0 Å². The molecule has 0 aromatic heterocycles. The van der Waals surface area contributed by atoms with Crippen LogP contribution in [0, 0.1) is 0 Å². The van der Waals surface area contributed by atoms with Crippen molar-refractivity contribution in [3.05, 3.63) is 0 Å². The largest absolute Gasteiger partial charge is 0.392 e. The summed E-state index contributed by atoms with van der Waals surface area (Å²) in [4.78, 5) is 0. The molecule has 5 heteroatoms. The maximum absolute atomic E-state index is 4.14. The zero-order valence-electron chi connectivity index (χ0n) is 4.51. The molecule has 0 amide bonds. The molecule has 1 aliphatic rings. The summed E-state index contributed by atoms with van der Waals surface area (Å²) in [6, 6.07) is 0. The van der Waals surface area contributed by atoms with E-state index in [4.69, 9.17) is 0 Å². The van der Waals surface area contributed by atoms with Gasteiger partial charge in [0.05, 0.1) is 0 Å². The normalized spacial score (nSPS) is 33.8. The van der Waals surface area contributed by atoms with Gasteiger partial charge in [0.2, 0.25) is 0 Å². The summed E-state index contributed by atoms with van der Waals surface area (Å²) in [5.74, 6) is 0. The molecular formula is C3H5HsN2S2-. The van der Waals surface area contributed by atoms with E-state index in [0.717, 1.165) is 0 Å². The molecule has 1 heterocycles. The second-order valence-electron chi connectivity index (χ2n) is 1.40. The molecular weight excluding hydrogens is 397 g/mol. The van der Waals surface area contributed by atoms with Gasteiger partial charge in [-0.2, -0.15) is 0 Å². The molecule has 0 bridgehead atoms. The molecule has 2 nitrogen and oxygen atoms in total. The van der Waals surface area contributed by atoms with Crippen LogP contribution in [-0.2, 0) is 0 Å². The third-order valence-electron chi connectivity index (χ3n) is 0.553. The zero-order chi connectivity index (χ0) is 5.33. The first kappa shape index (κ1) is 7.17. The average molecular weight is 402 g/mol. The van der Waals surface area contributed by atoms with Crippen molar-refractivity contribution in [2.45, 2.75) is 11.1 Å². The van der Waals surface area contributed by atoms with Crippen molar-refractivity contribution in [2.75, 3.05) is 0 Å². The quantitative estimate of drug-likeness (QED) is 0.462. The molecule has 1 rings (SSSR count). The fraction of sp³-hybridized carbons (Fsp3) is 0.667. The van der Waals surface area contributed by atoms with Gasteiger partial charge in [-0.3, -0.25) is 11.8 Å². The minimum Gasteiger partial charge on any atom is -0.392 e. The number of nitrogens with one attached hydrogen (secondary N) is 1. The zero-order valence-corrected chi connectivity index (χ0v) is 12.8. The van der Waals surface area contributed by atoms with E-state index in [-0.39, 0.29) is 4.20 Å². The van der Waals surface area contributed by atoms with E-state index in [9.17, 15) is 0 Å². The maximum atomic E-state index is 4.14. The minimum absolute atomic E-state index is 0. The Morgan fingerprint density at radius 1 is 1.88 bits per heavy atom. The fourth-order valence-corrected chi connectivity index (χ4v) is 0.794. The molecule has 0 saturated heterocycles. The average Bonchev–Trinajstić information content (AvgIpc) is 1.84. The van der Waals surface area contributed by atoms with Crippen LogP contribution in [0.2, 0.25) is 0 Å². The van der Waals surface area contributed by atoms with Gasteiger partial charge in [-0.15, -0.1) is 12.6 Å². The van der Waals surface area contributed by atoms with Crippen molar-refractivity contribution in [3.63, 3.8) is 0 Å². The Hall–Kier alpha value is -0.830. The smallest absolute Gasteiger partial charge is 0.110 e. The van der Waals surface area contributed by atoms with E-state index in [1.807, 2.05) is 6.92 Å². The summed E-state index contributed by atoms with van der Waals surface area (Å²) in [5, 5.41) is 3.62. The van der Waals surface area contributed by atoms with Gasteiger partial charge in [0.25, 0.3) is 0 Å². The topological polar surface area (TPSA) is 24.4 Å². The minimum atomic E-state index is -0.222. The second kappa shape index (κ2) is 1.96. The van der Waals surface area contributed by atoms with Crippen LogP contribution in [0.3, 0.4) is 0 Å². The van der Waals surface area contributed by atoms with E-state index in [0.29, 0.717) is 0 Å². The van der Waals surface area contributed by atoms with E-state index in [2.05, 4.69) is 28.7 Å². The Balaban J connectivity index is 0.000000490. The molecule has 1 aliphatic heterocycles. The summed E-state index contributed by atoms with van der Waals surface area (Å²) < 4.78 is -0.222. The summed E-state index contributed by atoms with van der Waals surface area (Å²) in [7, 11) is 0. The Labute approximate surface area is 52.2 Å². The van der Waals surface area contributed by atoms with Gasteiger partial charge >= 0.3 is 0 Å². The van der Waals surface area contributed by atoms with Crippen LogP contribution in [0.1, 0.15) is 6.92 Å². The van der Waals surface area contributed by atoms with Crippen LogP contribution in [0.5, 0.6) is 0 Å². The van der Waals surface area contributed by atoms with Crippen molar-refractivity contribution in [3.8, 4) is 0 Å². The third-order valence-corrected chi connectivity index (χ3v) is 1.60. The summed E-state index contributed by atoms with van der Waals surface area (Å²) in [6.07, 6.45) is 0. The van der Waals surface area contributed by atoms with Gasteiger partial charge in [0.15, 0.2) is 0 Å². The molecule has 8 heavy (non-hydrogen) atoms. The SMILES string of the molecule is CC1(S)NN=[C-]S1.[Hs]. The molecule has 1 atom stereocenters. The van der Waals surface area contributed by atoms with Crippen molar-refractivity contribution in [1.29, 1.82) is 0 Å². The fourth-order valence-electron chi connectivity index (χ4n) is 0.261. The molecule has 42 valence electrons. The van der Waals surface area contributed by atoms with Crippen LogP contribution in [-0.4, -0.2) is 9.75 Å². The monoisotopic (exact) mass is 402 g/mol. The van der Waals surface area contributed by atoms with Crippen LogP contribution in [0.4, 0.5) is 0 Å². The number of thiol groups is 1. The van der Waals surface area contributed by atoms with Crippen molar-refractivity contribution < 1.29 is 0 Å². The van der Waals surface area contributed by atoms with Gasteiger partial charge in [0.1, 0.15) is 4.20 Å². The van der Waals surface area contributed by atoms with Crippen LogP contribution in [0.25, 0.3) is 0 Å². The van der Waals surface area contributed by atoms with Gasteiger partial charge < -0.3 is 16.1 Å². The van der Waals surface area contributed by atoms with Crippen molar-refractivity contribution in [1.82, 2.24) is 5.43 Å². The number of hydrazone groups is 1. The van der Waals surface area contributed by atoms with Gasteiger partial charge in [-0.25, -0.2) is 0 Å². The summed E-state index contributed by atoms with van der Waals surface area (Å²) >= 11 is 5.58. The molecule has 1 unspecified atom stereocenters. The first-order chi connectivity index (χ1) is 3.21. The molecule has 0 saturated carbocycles. The number of nitrogens with zero attached hydrogens (tertiary/aromatic N) is 1. The Morgan fingerprint density at radius 2 is 2.50 bits per heavy atom. The van der Waals surface area contributed by atoms with Crippen LogP contribution >= 0.6 is 24.4 Å². The van der Waals surface area contributed by atoms with Gasteiger partial charge in [-0.1, -0.05) is 0 Å². The first-order valence-electron chi connectivity index (χ1n) is 1.83. The molecule has 0 radical (unpaired) electrons. The molecule has 0 aliphatic carbocycles. The number of rotatable bonds is 0. The molecule has 0 spiro atoms. The number of hydrogen-bond acceptors (Lipinski definition) is 4. The predicted molar refractivity (Wildman–Crippen MR) is 35.6 cm³/mol. The summed E-state index contributed by atoms with van der Waals surface area (Å²) in [6.45, 7) is 1.92. The van der Waals surface area contributed by atoms with Crippen molar-refractivity contribution in [2.24, 2.45) is 5.10 Å². The second-order valence-corrected chi connectivity index (χ2v) is 3.80. The molecule has 0 aromatic carbocycles. The third kappa shape index (κ3) is 1.35. The molecule has 0 aromatic rings. The Morgan fingerprint density at radius 3 is 2.62 bits per heavy atom. The molecule has 1 N–H and O–H groups in total. The standard InChI is InChI=1S/C3H5N2S2.Hs/c1-3(6)5-4-2-7-3;/h5-6H,1H3;/q-1;. The predicted octanol–water partition coefficient (Wildman–Crippen LogP) is 0.747. The first-order valence-corrected chi connectivity index (χ1v) is 3.09. The van der Waals surface area contributed by atoms with E-state index < -0.39 is 0 Å². The van der Waals surface area contributed by atoms with E-state index in [1.54, 1.807) is 0 Å². The van der Waals surface area contributed by atoms with Gasteiger partial charge in [0, 0.05) is 0 Å². The van der Waals surface area contributed by atoms with Crippen molar-refractivity contribution >= 4 is 29.9 Å². The summed E-state index contributed by atoms with van der Waals surface area (Å²) in [5.41, 5.74) is 5.40. The number of thioether (sulfide) groups is 1.